The third-order valence-electron chi connectivity index (χ3n) is 15.7. The Morgan fingerprint density at radius 1 is 0.326 bits per heavy atom. The predicted molar refractivity (Wildman–Crippen MR) is 344 cm³/mol. The van der Waals surface area contributed by atoms with Crippen molar-refractivity contribution in [1.29, 1.82) is 0 Å². The van der Waals surface area contributed by atoms with Gasteiger partial charge < -0.3 is 33.8 Å². The zero-order chi connectivity index (χ0) is 63.9. The van der Waals surface area contributed by atoms with Gasteiger partial charge in [0.2, 0.25) is 0 Å². The standard InChI is InChI=1S/C67H130O17P2/c1-9-60(8)46-38-30-22-15-16-23-31-39-47-64(69)77-53-62(83-66(71)49-41-33-24-14-12-10-11-13-19-27-35-43-57(2)3)55-81-85(73,74)79-51-61(68)52-80-86(75,76)82-56-63(84-67(72)50-42-34-26-18-21-29-37-45-59(6)7)54-78-65(70)48-40-32-25-17-20-28-36-44-58(4)5/h57-63,68H,9-56H2,1-8H3,(H,73,74)(H,75,76)/t60?,61?,62-,63-/m1/s1. The van der Waals surface area contributed by atoms with Crippen LogP contribution in [0, 0.1) is 23.7 Å². The van der Waals surface area contributed by atoms with Crippen molar-refractivity contribution in [2.24, 2.45) is 23.7 Å². The molecular weight excluding hydrogens is 1140 g/mol. The van der Waals surface area contributed by atoms with Crippen LogP contribution in [0.4, 0.5) is 0 Å². The van der Waals surface area contributed by atoms with Crippen molar-refractivity contribution in [2.75, 3.05) is 39.6 Å². The molecule has 0 saturated carbocycles. The highest BCUT2D eigenvalue weighted by molar-refractivity contribution is 7.47. The molecule has 0 aliphatic carbocycles. The molecule has 0 spiro atoms. The Morgan fingerprint density at radius 2 is 0.558 bits per heavy atom. The number of hydrogen-bond donors (Lipinski definition) is 3. The first kappa shape index (κ1) is 84.1. The van der Waals surface area contributed by atoms with Gasteiger partial charge in [0.05, 0.1) is 26.4 Å². The molecule has 86 heavy (non-hydrogen) atoms. The summed E-state index contributed by atoms with van der Waals surface area (Å²) >= 11 is 0. The fraction of sp³-hybridized carbons (Fsp3) is 0.940. The van der Waals surface area contributed by atoms with E-state index >= 15 is 0 Å². The molecule has 510 valence electrons. The van der Waals surface area contributed by atoms with Crippen LogP contribution in [0.15, 0.2) is 0 Å². The first-order chi connectivity index (χ1) is 41.1. The lowest BCUT2D eigenvalue weighted by Crippen LogP contribution is -2.30. The minimum atomic E-state index is -4.95. The van der Waals surface area contributed by atoms with E-state index in [9.17, 15) is 43.2 Å². The number of phosphoric ester groups is 2. The second kappa shape index (κ2) is 57.0. The van der Waals surface area contributed by atoms with Crippen LogP contribution in [0.25, 0.3) is 0 Å². The number of hydrogen-bond acceptors (Lipinski definition) is 15. The average molecular weight is 1270 g/mol. The summed E-state index contributed by atoms with van der Waals surface area (Å²) in [6.45, 7) is 14.0. The van der Waals surface area contributed by atoms with Crippen LogP contribution in [-0.4, -0.2) is 96.7 Å². The number of carbonyl (C=O) groups excluding carboxylic acids is 4. The largest absolute Gasteiger partial charge is 0.472 e. The van der Waals surface area contributed by atoms with Crippen LogP contribution in [-0.2, 0) is 65.4 Å². The topological polar surface area (TPSA) is 237 Å². The lowest BCUT2D eigenvalue weighted by molar-refractivity contribution is -0.161. The van der Waals surface area contributed by atoms with Gasteiger partial charge in [-0.3, -0.25) is 37.3 Å². The molecule has 0 bridgehead atoms. The van der Waals surface area contributed by atoms with Crippen LogP contribution in [0.5, 0.6) is 0 Å². The van der Waals surface area contributed by atoms with Crippen molar-refractivity contribution in [3.63, 3.8) is 0 Å². The van der Waals surface area contributed by atoms with Gasteiger partial charge in [0.25, 0.3) is 0 Å². The van der Waals surface area contributed by atoms with Gasteiger partial charge in [-0.2, -0.15) is 0 Å². The van der Waals surface area contributed by atoms with E-state index < -0.39 is 97.5 Å². The molecule has 19 heteroatoms. The number of carbonyl (C=O) groups is 4. The molecule has 0 fully saturated rings. The molecule has 0 aromatic rings. The van der Waals surface area contributed by atoms with Crippen molar-refractivity contribution in [2.45, 2.75) is 343 Å². The summed E-state index contributed by atoms with van der Waals surface area (Å²) in [5.41, 5.74) is 0. The minimum Gasteiger partial charge on any atom is -0.462 e. The summed E-state index contributed by atoms with van der Waals surface area (Å²) in [4.78, 5) is 72.4. The second-order valence-electron chi connectivity index (χ2n) is 25.9. The van der Waals surface area contributed by atoms with Crippen LogP contribution in [0.2, 0.25) is 0 Å². The fourth-order valence-corrected chi connectivity index (χ4v) is 11.5. The maximum atomic E-state index is 13.0. The highest BCUT2D eigenvalue weighted by Crippen LogP contribution is 2.45. The van der Waals surface area contributed by atoms with Gasteiger partial charge in [-0.25, -0.2) is 9.13 Å². The summed E-state index contributed by atoms with van der Waals surface area (Å²) in [5.74, 6) is 0.807. The van der Waals surface area contributed by atoms with Crippen molar-refractivity contribution >= 4 is 39.5 Å². The first-order valence-corrected chi connectivity index (χ1v) is 37.7. The summed E-state index contributed by atoms with van der Waals surface area (Å²) in [5, 5.41) is 10.6. The molecule has 0 radical (unpaired) electrons. The molecule has 0 rings (SSSR count). The van der Waals surface area contributed by atoms with E-state index in [0.29, 0.717) is 37.5 Å². The van der Waals surface area contributed by atoms with Crippen LogP contribution >= 0.6 is 15.6 Å². The highest BCUT2D eigenvalue weighted by atomic mass is 31.2. The third kappa shape index (κ3) is 59.7. The number of ether oxygens (including phenoxy) is 4. The van der Waals surface area contributed by atoms with E-state index in [0.717, 1.165) is 108 Å². The van der Waals surface area contributed by atoms with E-state index in [1.165, 1.54) is 122 Å². The van der Waals surface area contributed by atoms with E-state index in [4.69, 9.17) is 37.0 Å². The maximum absolute atomic E-state index is 13.0. The zero-order valence-corrected chi connectivity index (χ0v) is 57.7. The van der Waals surface area contributed by atoms with Gasteiger partial charge in [0.15, 0.2) is 12.2 Å². The summed E-state index contributed by atoms with van der Waals surface area (Å²) < 4.78 is 68.1. The molecule has 0 saturated heterocycles. The Balaban J connectivity index is 5.26. The number of aliphatic hydroxyl groups excluding tert-OH is 1. The molecule has 0 aliphatic heterocycles. The van der Waals surface area contributed by atoms with Crippen LogP contribution in [0.3, 0.4) is 0 Å². The molecule has 0 heterocycles. The maximum Gasteiger partial charge on any atom is 0.472 e. The van der Waals surface area contributed by atoms with E-state index in [1.54, 1.807) is 0 Å². The SMILES string of the molecule is CCC(C)CCCCCCCCCCC(=O)OC[C@H](COP(=O)(O)OCC(O)COP(=O)(O)OC[C@@H](COC(=O)CCCCCCCCCC(C)C)OC(=O)CCCCCCCCCC(C)C)OC(=O)CCCCCCCCCCCCCC(C)C. The van der Waals surface area contributed by atoms with Gasteiger partial charge in [-0.1, -0.05) is 274 Å². The van der Waals surface area contributed by atoms with Gasteiger partial charge in [-0.05, 0) is 49.4 Å². The Morgan fingerprint density at radius 3 is 0.826 bits per heavy atom. The van der Waals surface area contributed by atoms with Gasteiger partial charge in [0.1, 0.15) is 19.3 Å². The van der Waals surface area contributed by atoms with Crippen molar-refractivity contribution < 1.29 is 80.2 Å². The Hall–Kier alpha value is -1.94. The second-order valence-corrected chi connectivity index (χ2v) is 28.8. The fourth-order valence-electron chi connectivity index (χ4n) is 9.93. The lowest BCUT2D eigenvalue weighted by Gasteiger charge is -2.21. The Bertz CT molecular complexity index is 1720. The molecule has 6 atom stereocenters. The number of aliphatic hydroxyl groups is 1. The molecule has 4 unspecified atom stereocenters. The van der Waals surface area contributed by atoms with Gasteiger partial charge in [0, 0.05) is 25.7 Å². The molecule has 0 aromatic heterocycles. The van der Waals surface area contributed by atoms with Gasteiger partial charge in [-0.15, -0.1) is 0 Å². The summed E-state index contributed by atoms with van der Waals surface area (Å²) in [7, 11) is -9.90. The van der Waals surface area contributed by atoms with Crippen molar-refractivity contribution in [3.05, 3.63) is 0 Å². The van der Waals surface area contributed by atoms with E-state index in [2.05, 4.69) is 55.4 Å². The van der Waals surface area contributed by atoms with Crippen LogP contribution in [0.1, 0.15) is 325 Å². The quantitative estimate of drug-likeness (QED) is 0.0222. The third-order valence-corrected chi connectivity index (χ3v) is 17.6. The normalized spacial score (nSPS) is 14.7. The Kier molecular flexibility index (Phi) is 55.7. The molecular formula is C67H130O17P2. The number of phosphoric acid groups is 2. The number of rotatable bonds is 64. The number of esters is 4. The van der Waals surface area contributed by atoms with E-state index in [-0.39, 0.29) is 25.7 Å². The number of unbranched alkanes of at least 4 members (excludes halogenated alkanes) is 29. The predicted octanol–water partition coefficient (Wildman–Crippen LogP) is 18.5. The molecule has 0 aromatic carbocycles. The molecule has 0 amide bonds. The van der Waals surface area contributed by atoms with Crippen LogP contribution < -0.4 is 0 Å². The molecule has 0 aliphatic rings. The molecule has 17 nitrogen and oxygen atoms in total. The minimum absolute atomic E-state index is 0.102. The molecule has 3 N–H and O–H groups in total. The van der Waals surface area contributed by atoms with Crippen molar-refractivity contribution in [1.82, 2.24) is 0 Å². The van der Waals surface area contributed by atoms with E-state index in [1.807, 2.05) is 0 Å². The van der Waals surface area contributed by atoms with Gasteiger partial charge >= 0.3 is 39.5 Å². The van der Waals surface area contributed by atoms with Crippen molar-refractivity contribution in [3.8, 4) is 0 Å². The smallest absolute Gasteiger partial charge is 0.462 e. The monoisotopic (exact) mass is 1270 g/mol. The first-order valence-electron chi connectivity index (χ1n) is 34.7. The average Bonchev–Trinajstić information content (AvgIpc) is 3.65. The highest BCUT2D eigenvalue weighted by Gasteiger charge is 2.30. The lowest BCUT2D eigenvalue weighted by atomic mass is 9.99. The summed E-state index contributed by atoms with van der Waals surface area (Å²) in [6, 6.07) is 0. The Labute approximate surface area is 524 Å². The zero-order valence-electron chi connectivity index (χ0n) is 55.9. The summed E-state index contributed by atoms with van der Waals surface area (Å²) in [6.07, 6.45) is 37.7.